The van der Waals surface area contributed by atoms with Gasteiger partial charge in [0.15, 0.2) is 0 Å². The normalized spacial score (nSPS) is 11.1. The number of aromatic nitrogens is 3. The summed E-state index contributed by atoms with van der Waals surface area (Å²) in [6.45, 7) is 2.14. The van der Waals surface area contributed by atoms with E-state index < -0.39 is 0 Å². The molecule has 0 aliphatic rings. The Morgan fingerprint density at radius 2 is 2.00 bits per heavy atom. The molecule has 1 aromatic carbocycles. The van der Waals surface area contributed by atoms with Crippen molar-refractivity contribution in [3.63, 3.8) is 0 Å². The molecule has 0 aliphatic heterocycles. The summed E-state index contributed by atoms with van der Waals surface area (Å²) in [6.07, 6.45) is 2.72. The van der Waals surface area contributed by atoms with Gasteiger partial charge in [-0.2, -0.15) is 0 Å². The smallest absolute Gasteiger partial charge is 0.129 e. The zero-order valence-corrected chi connectivity index (χ0v) is 13.5. The number of halogens is 1. The number of thiazole rings is 1. The fourth-order valence-electron chi connectivity index (χ4n) is 2.09. The van der Waals surface area contributed by atoms with E-state index in [1.807, 2.05) is 24.3 Å². The minimum atomic E-state index is 0.761. The number of hydrogen-bond acceptors (Lipinski definition) is 4. The number of benzene rings is 1. The Labute approximate surface area is 130 Å². The van der Waals surface area contributed by atoms with E-state index in [1.54, 1.807) is 11.3 Å². The summed E-state index contributed by atoms with van der Waals surface area (Å²) >= 11 is 5.19. The topological polar surface area (TPSA) is 38.7 Å². The average Bonchev–Trinajstić information content (AvgIpc) is 2.80. The molecule has 2 aromatic heterocycles. The van der Waals surface area contributed by atoms with Crippen molar-refractivity contribution < 1.29 is 0 Å². The molecule has 2 heterocycles. The molecule has 0 saturated heterocycles. The summed E-state index contributed by atoms with van der Waals surface area (Å²) in [4.78, 5) is 13.7. The lowest BCUT2D eigenvalue weighted by atomic mass is 10.2. The van der Waals surface area contributed by atoms with Crippen molar-refractivity contribution in [2.45, 2.75) is 26.2 Å². The van der Waals surface area contributed by atoms with Crippen molar-refractivity contribution in [1.29, 1.82) is 0 Å². The molecular weight excluding hydrogens is 334 g/mol. The fourth-order valence-corrected chi connectivity index (χ4v) is 3.54. The first-order valence-corrected chi connectivity index (χ1v) is 8.22. The third-order valence-electron chi connectivity index (χ3n) is 2.94. The highest BCUT2D eigenvalue weighted by molar-refractivity contribution is 9.10. The molecule has 0 radical (unpaired) electrons. The third-order valence-corrected chi connectivity index (χ3v) is 4.38. The summed E-state index contributed by atoms with van der Waals surface area (Å²) in [5, 5.41) is 1.10. The fraction of sp³-hybridized carbons (Fsp3) is 0.267. The predicted molar refractivity (Wildman–Crippen MR) is 86.2 cm³/mol. The largest absolute Gasteiger partial charge is 0.241 e. The number of aryl methyl sites for hydroxylation is 1. The lowest BCUT2D eigenvalue weighted by Crippen LogP contribution is -2.00. The van der Waals surface area contributed by atoms with Crippen LogP contribution >= 0.6 is 27.3 Å². The van der Waals surface area contributed by atoms with Gasteiger partial charge in [-0.25, -0.2) is 15.0 Å². The minimum Gasteiger partial charge on any atom is -0.241 e. The minimum absolute atomic E-state index is 0.761. The SMILES string of the molecule is CCCc1nc(Br)cc(Cc2nc3ccccc3s2)n1. The van der Waals surface area contributed by atoms with E-state index in [-0.39, 0.29) is 0 Å². The lowest BCUT2D eigenvalue weighted by molar-refractivity contribution is 0.811. The Morgan fingerprint density at radius 1 is 1.15 bits per heavy atom. The van der Waals surface area contributed by atoms with Gasteiger partial charge in [-0.1, -0.05) is 19.1 Å². The van der Waals surface area contributed by atoms with E-state index in [2.05, 4.69) is 43.9 Å². The molecule has 20 heavy (non-hydrogen) atoms. The van der Waals surface area contributed by atoms with Crippen LogP contribution in [-0.4, -0.2) is 15.0 Å². The van der Waals surface area contributed by atoms with Crippen LogP contribution in [0.25, 0.3) is 10.2 Å². The molecule has 0 fully saturated rings. The van der Waals surface area contributed by atoms with Gasteiger partial charge in [-0.15, -0.1) is 11.3 Å². The Bertz CT molecular complexity index is 706. The Morgan fingerprint density at radius 3 is 2.80 bits per heavy atom. The zero-order chi connectivity index (χ0) is 13.9. The van der Waals surface area contributed by atoms with Crippen LogP contribution in [0, 0.1) is 0 Å². The van der Waals surface area contributed by atoms with Gasteiger partial charge in [0.25, 0.3) is 0 Å². The van der Waals surface area contributed by atoms with E-state index >= 15 is 0 Å². The Balaban J connectivity index is 1.90. The first kappa shape index (κ1) is 13.6. The van der Waals surface area contributed by atoms with Crippen molar-refractivity contribution in [2.75, 3.05) is 0 Å². The summed E-state index contributed by atoms with van der Waals surface area (Å²) in [6, 6.07) is 10.2. The van der Waals surface area contributed by atoms with Gasteiger partial charge in [-0.05, 0) is 40.5 Å². The van der Waals surface area contributed by atoms with Crippen molar-refractivity contribution in [3.8, 4) is 0 Å². The molecule has 0 saturated carbocycles. The van der Waals surface area contributed by atoms with Crippen molar-refractivity contribution >= 4 is 37.5 Å². The molecule has 0 aliphatic carbocycles. The number of fused-ring (bicyclic) bond motifs is 1. The summed E-state index contributed by atoms with van der Waals surface area (Å²) in [7, 11) is 0. The van der Waals surface area contributed by atoms with Crippen molar-refractivity contribution in [1.82, 2.24) is 15.0 Å². The van der Waals surface area contributed by atoms with Crippen LogP contribution in [0.15, 0.2) is 34.9 Å². The van der Waals surface area contributed by atoms with Crippen LogP contribution in [-0.2, 0) is 12.8 Å². The highest BCUT2D eigenvalue weighted by Crippen LogP contribution is 2.23. The van der Waals surface area contributed by atoms with Crippen LogP contribution in [0.5, 0.6) is 0 Å². The van der Waals surface area contributed by atoms with Gasteiger partial charge < -0.3 is 0 Å². The second-order valence-electron chi connectivity index (χ2n) is 4.60. The summed E-state index contributed by atoms with van der Waals surface area (Å²) in [5.41, 5.74) is 2.09. The van der Waals surface area contributed by atoms with Crippen LogP contribution < -0.4 is 0 Å². The number of nitrogens with zero attached hydrogens (tertiary/aromatic N) is 3. The van der Waals surface area contributed by atoms with Crippen molar-refractivity contribution in [2.24, 2.45) is 0 Å². The molecule has 0 amide bonds. The maximum Gasteiger partial charge on any atom is 0.129 e. The second-order valence-corrected chi connectivity index (χ2v) is 6.53. The Kier molecular flexibility index (Phi) is 4.08. The lowest BCUT2D eigenvalue weighted by Gasteiger charge is -2.02. The van der Waals surface area contributed by atoms with Crippen LogP contribution in [0.1, 0.15) is 29.9 Å². The van der Waals surface area contributed by atoms with E-state index in [9.17, 15) is 0 Å². The van der Waals surface area contributed by atoms with Gasteiger partial charge in [0.05, 0.1) is 20.9 Å². The quantitative estimate of drug-likeness (QED) is 0.657. The molecule has 0 bridgehead atoms. The highest BCUT2D eigenvalue weighted by Gasteiger charge is 2.08. The maximum absolute atomic E-state index is 4.66. The molecule has 0 atom stereocenters. The molecule has 0 unspecified atom stereocenters. The molecule has 3 nitrogen and oxygen atoms in total. The first-order valence-electron chi connectivity index (χ1n) is 6.61. The standard InChI is InChI=1S/C15H14BrN3S/c1-2-5-14-17-10(8-13(16)19-14)9-15-18-11-6-3-4-7-12(11)20-15/h3-4,6-8H,2,5,9H2,1H3. The summed E-state index contributed by atoms with van der Waals surface area (Å²) in [5.74, 6) is 0.901. The molecule has 0 N–H and O–H groups in total. The van der Waals surface area contributed by atoms with Gasteiger partial charge in [-0.3, -0.25) is 0 Å². The molecule has 5 heteroatoms. The highest BCUT2D eigenvalue weighted by atomic mass is 79.9. The van der Waals surface area contributed by atoms with Crippen LogP contribution in [0.4, 0.5) is 0 Å². The number of para-hydroxylation sites is 1. The molecule has 3 aromatic rings. The van der Waals surface area contributed by atoms with Gasteiger partial charge in [0.1, 0.15) is 10.4 Å². The van der Waals surface area contributed by atoms with Crippen LogP contribution in [0.2, 0.25) is 0 Å². The maximum atomic E-state index is 4.66. The van der Waals surface area contributed by atoms with Gasteiger partial charge in [0.2, 0.25) is 0 Å². The predicted octanol–water partition coefficient (Wildman–Crippen LogP) is 4.39. The van der Waals surface area contributed by atoms with Gasteiger partial charge in [0, 0.05) is 12.8 Å². The number of hydrogen-bond donors (Lipinski definition) is 0. The monoisotopic (exact) mass is 347 g/mol. The second kappa shape index (κ2) is 5.97. The molecular formula is C15H14BrN3S. The van der Waals surface area contributed by atoms with E-state index in [1.165, 1.54) is 4.70 Å². The zero-order valence-electron chi connectivity index (χ0n) is 11.1. The van der Waals surface area contributed by atoms with E-state index in [4.69, 9.17) is 0 Å². The molecule has 102 valence electrons. The molecule has 0 spiro atoms. The van der Waals surface area contributed by atoms with E-state index in [0.29, 0.717) is 0 Å². The first-order chi connectivity index (χ1) is 9.74. The van der Waals surface area contributed by atoms with Crippen molar-refractivity contribution in [3.05, 3.63) is 51.5 Å². The third kappa shape index (κ3) is 3.04. The average molecular weight is 348 g/mol. The number of rotatable bonds is 4. The molecule has 3 rings (SSSR count). The summed E-state index contributed by atoms with van der Waals surface area (Å²) < 4.78 is 2.08. The van der Waals surface area contributed by atoms with Gasteiger partial charge >= 0.3 is 0 Å². The van der Waals surface area contributed by atoms with Crippen LogP contribution in [0.3, 0.4) is 0 Å². The van der Waals surface area contributed by atoms with E-state index in [0.717, 1.165) is 45.9 Å². The Hall–Kier alpha value is -1.33.